The third-order valence-corrected chi connectivity index (χ3v) is 3.17. The summed E-state index contributed by atoms with van der Waals surface area (Å²) < 4.78 is 6.78. The molecule has 0 unspecified atom stereocenters. The second-order valence-corrected chi connectivity index (χ2v) is 4.80. The molecule has 1 aromatic carbocycles. The molecule has 0 spiro atoms. The monoisotopic (exact) mass is 355 g/mol. The molecule has 0 atom stereocenters. The molecule has 0 amide bonds. The van der Waals surface area contributed by atoms with Crippen molar-refractivity contribution in [3.05, 3.63) is 45.9 Å². The molecule has 1 heterocycles. The number of hydrogen-bond acceptors (Lipinski definition) is 4. The van der Waals surface area contributed by atoms with Crippen molar-refractivity contribution in [3.63, 3.8) is 0 Å². The first-order valence-corrected chi connectivity index (χ1v) is 6.79. The maximum atomic E-state index is 5.69. The van der Waals surface area contributed by atoms with E-state index in [-0.39, 0.29) is 0 Å². The topological polar surface area (TPSA) is 47.0 Å². The maximum Gasteiger partial charge on any atom is 0.144 e. The van der Waals surface area contributed by atoms with E-state index in [0.29, 0.717) is 6.61 Å². The van der Waals surface area contributed by atoms with Gasteiger partial charge in [0.1, 0.15) is 18.2 Å². The number of hydrogen-bond donors (Lipinski definition) is 1. The highest BCUT2D eigenvalue weighted by Crippen LogP contribution is 2.20. The molecule has 0 fully saturated rings. The zero-order valence-corrected chi connectivity index (χ0v) is 12.2. The van der Waals surface area contributed by atoms with Gasteiger partial charge in [0.25, 0.3) is 0 Å². The van der Waals surface area contributed by atoms with Gasteiger partial charge in [-0.2, -0.15) is 0 Å². The highest BCUT2D eigenvalue weighted by atomic mass is 127. The zero-order valence-electron chi connectivity index (χ0n) is 10.1. The van der Waals surface area contributed by atoms with E-state index < -0.39 is 0 Å². The largest absolute Gasteiger partial charge is 0.486 e. The van der Waals surface area contributed by atoms with Crippen LogP contribution in [-0.2, 0) is 6.61 Å². The molecule has 0 aliphatic carbocycles. The van der Waals surface area contributed by atoms with E-state index in [1.54, 1.807) is 12.4 Å². The molecule has 0 bridgehead atoms. The molecule has 94 valence electrons. The first-order valence-electron chi connectivity index (χ1n) is 5.71. The van der Waals surface area contributed by atoms with Crippen LogP contribution in [0.25, 0.3) is 0 Å². The minimum atomic E-state index is 0.430. The number of halogens is 1. The van der Waals surface area contributed by atoms with Crippen LogP contribution in [0.5, 0.6) is 5.75 Å². The fourth-order valence-electron chi connectivity index (χ4n) is 1.42. The summed E-state index contributed by atoms with van der Waals surface area (Å²) in [6.07, 6.45) is 3.45. The van der Waals surface area contributed by atoms with Crippen LogP contribution in [-0.4, -0.2) is 16.5 Å². The highest BCUT2D eigenvalue weighted by molar-refractivity contribution is 14.1. The standard InChI is InChI=1S/C13H14IN3O/c1-2-15-13-8-16-10(7-17-13)9-18-12-6-4-3-5-11(12)14/h3-8H,2,9H2,1H3,(H,15,17). The van der Waals surface area contributed by atoms with Gasteiger partial charge in [0.2, 0.25) is 0 Å². The summed E-state index contributed by atoms with van der Waals surface area (Å²) in [6.45, 7) is 3.29. The molecule has 18 heavy (non-hydrogen) atoms. The molecule has 0 saturated heterocycles. The fourth-order valence-corrected chi connectivity index (χ4v) is 1.96. The minimum Gasteiger partial charge on any atom is -0.486 e. The summed E-state index contributed by atoms with van der Waals surface area (Å²) in [5, 5.41) is 3.10. The molecule has 1 aromatic heterocycles. The smallest absolute Gasteiger partial charge is 0.144 e. The van der Waals surface area contributed by atoms with E-state index in [9.17, 15) is 0 Å². The Morgan fingerprint density at radius 1 is 1.22 bits per heavy atom. The van der Waals surface area contributed by atoms with E-state index in [1.165, 1.54) is 0 Å². The van der Waals surface area contributed by atoms with Crippen LogP contribution in [0.4, 0.5) is 5.82 Å². The first kappa shape index (κ1) is 13.1. The Morgan fingerprint density at radius 3 is 2.72 bits per heavy atom. The van der Waals surface area contributed by atoms with Crippen molar-refractivity contribution in [1.82, 2.24) is 9.97 Å². The SMILES string of the molecule is CCNc1cnc(COc2ccccc2I)cn1. The third kappa shape index (κ3) is 3.56. The molecule has 0 radical (unpaired) electrons. The fraction of sp³-hybridized carbons (Fsp3) is 0.231. The summed E-state index contributed by atoms with van der Waals surface area (Å²) in [5.74, 6) is 1.66. The van der Waals surface area contributed by atoms with Crippen molar-refractivity contribution in [2.75, 3.05) is 11.9 Å². The Balaban J connectivity index is 1.96. The normalized spacial score (nSPS) is 10.1. The van der Waals surface area contributed by atoms with Gasteiger partial charge in [-0.25, -0.2) is 4.98 Å². The van der Waals surface area contributed by atoms with Gasteiger partial charge in [0, 0.05) is 6.54 Å². The summed E-state index contributed by atoms with van der Waals surface area (Å²) in [6, 6.07) is 7.90. The Kier molecular flexibility index (Phi) is 4.74. The number of rotatable bonds is 5. The van der Waals surface area contributed by atoms with Gasteiger partial charge >= 0.3 is 0 Å². The second kappa shape index (κ2) is 6.53. The number of nitrogens with zero attached hydrogens (tertiary/aromatic N) is 2. The molecule has 5 heteroatoms. The van der Waals surface area contributed by atoms with Crippen molar-refractivity contribution >= 4 is 28.4 Å². The van der Waals surface area contributed by atoms with Gasteiger partial charge in [-0.05, 0) is 41.6 Å². The summed E-state index contributed by atoms with van der Waals surface area (Å²) >= 11 is 2.25. The third-order valence-electron chi connectivity index (χ3n) is 2.28. The molecule has 0 aliphatic heterocycles. The van der Waals surface area contributed by atoms with Crippen molar-refractivity contribution in [3.8, 4) is 5.75 Å². The average Bonchev–Trinajstić information content (AvgIpc) is 2.40. The van der Waals surface area contributed by atoms with Crippen LogP contribution in [0.2, 0.25) is 0 Å². The summed E-state index contributed by atoms with van der Waals surface area (Å²) in [7, 11) is 0. The highest BCUT2D eigenvalue weighted by Gasteiger charge is 2.01. The molecular weight excluding hydrogens is 341 g/mol. The van der Waals surface area contributed by atoms with Crippen molar-refractivity contribution in [1.29, 1.82) is 0 Å². The van der Waals surface area contributed by atoms with Gasteiger partial charge in [0.15, 0.2) is 0 Å². The van der Waals surface area contributed by atoms with Crippen LogP contribution in [0.1, 0.15) is 12.6 Å². The van der Waals surface area contributed by atoms with Crippen LogP contribution >= 0.6 is 22.6 Å². The number of para-hydroxylation sites is 1. The molecular formula is C13H14IN3O. The maximum absolute atomic E-state index is 5.69. The first-order chi connectivity index (χ1) is 8.79. The van der Waals surface area contributed by atoms with E-state index in [2.05, 4.69) is 37.9 Å². The van der Waals surface area contributed by atoms with Crippen molar-refractivity contribution in [2.45, 2.75) is 13.5 Å². The lowest BCUT2D eigenvalue weighted by molar-refractivity contribution is 0.298. The van der Waals surface area contributed by atoms with Gasteiger partial charge in [-0.1, -0.05) is 12.1 Å². The number of aromatic nitrogens is 2. The molecule has 4 nitrogen and oxygen atoms in total. The van der Waals surface area contributed by atoms with Gasteiger partial charge in [-0.15, -0.1) is 0 Å². The number of ether oxygens (including phenoxy) is 1. The number of anilines is 1. The zero-order chi connectivity index (χ0) is 12.8. The lowest BCUT2D eigenvalue weighted by atomic mass is 10.3. The van der Waals surface area contributed by atoms with Gasteiger partial charge < -0.3 is 10.1 Å². The Labute approximate surface area is 120 Å². The van der Waals surface area contributed by atoms with Crippen molar-refractivity contribution in [2.24, 2.45) is 0 Å². The van der Waals surface area contributed by atoms with Crippen LogP contribution in [0, 0.1) is 3.57 Å². The predicted octanol–water partition coefficient (Wildman–Crippen LogP) is 3.09. The Hall–Kier alpha value is -1.37. The number of benzene rings is 1. The minimum absolute atomic E-state index is 0.430. The lowest BCUT2D eigenvalue weighted by Gasteiger charge is -2.07. The Bertz CT molecular complexity index is 502. The quantitative estimate of drug-likeness (QED) is 0.838. The van der Waals surface area contributed by atoms with Crippen LogP contribution in [0.15, 0.2) is 36.7 Å². The molecule has 0 aliphatic rings. The second-order valence-electron chi connectivity index (χ2n) is 3.64. The predicted molar refractivity (Wildman–Crippen MR) is 79.7 cm³/mol. The molecule has 2 rings (SSSR count). The summed E-state index contributed by atoms with van der Waals surface area (Å²) in [4.78, 5) is 8.54. The average molecular weight is 355 g/mol. The number of nitrogens with one attached hydrogen (secondary N) is 1. The Morgan fingerprint density at radius 2 is 2.06 bits per heavy atom. The van der Waals surface area contributed by atoms with Crippen LogP contribution in [0.3, 0.4) is 0 Å². The van der Waals surface area contributed by atoms with E-state index >= 15 is 0 Å². The molecule has 0 saturated carbocycles. The van der Waals surface area contributed by atoms with Gasteiger partial charge in [-0.3, -0.25) is 4.98 Å². The van der Waals surface area contributed by atoms with Crippen LogP contribution < -0.4 is 10.1 Å². The van der Waals surface area contributed by atoms with Gasteiger partial charge in [0.05, 0.1) is 21.7 Å². The van der Waals surface area contributed by atoms with E-state index in [4.69, 9.17) is 4.74 Å². The van der Waals surface area contributed by atoms with Crippen molar-refractivity contribution < 1.29 is 4.74 Å². The van der Waals surface area contributed by atoms with E-state index in [1.807, 2.05) is 31.2 Å². The lowest BCUT2D eigenvalue weighted by Crippen LogP contribution is -2.03. The van der Waals surface area contributed by atoms with E-state index in [0.717, 1.165) is 27.4 Å². The molecule has 2 aromatic rings. The summed E-state index contributed by atoms with van der Waals surface area (Å²) in [5.41, 5.74) is 0.816. The molecule has 1 N–H and O–H groups in total.